The van der Waals surface area contributed by atoms with Crippen LogP contribution in [-0.4, -0.2) is 83.6 Å². The second-order valence-electron chi connectivity index (χ2n) is 14.3. The van der Waals surface area contributed by atoms with Crippen molar-refractivity contribution in [2.24, 2.45) is 11.8 Å². The van der Waals surface area contributed by atoms with Crippen LogP contribution in [0.5, 0.6) is 0 Å². The minimum absolute atomic E-state index is 0.0254. The summed E-state index contributed by atoms with van der Waals surface area (Å²) >= 11 is 0. The van der Waals surface area contributed by atoms with Crippen LogP contribution in [0, 0.1) is 11.8 Å². The number of aromatic nitrogens is 1. The Balaban J connectivity index is 1.26. The molecule has 0 spiro atoms. The summed E-state index contributed by atoms with van der Waals surface area (Å²) in [6, 6.07) is 6.34. The normalized spacial score (nSPS) is 24.7. The van der Waals surface area contributed by atoms with Gasteiger partial charge >= 0.3 is 0 Å². The van der Waals surface area contributed by atoms with Crippen LogP contribution < -0.4 is 5.32 Å². The van der Waals surface area contributed by atoms with Gasteiger partial charge in [-0.2, -0.15) is 0 Å². The molecule has 0 radical (unpaired) electrons. The fraction of sp³-hybridized carbons (Fsp3) is 0.622. The van der Waals surface area contributed by atoms with Crippen LogP contribution in [0.4, 0.5) is 0 Å². The maximum absolute atomic E-state index is 14.4. The number of nitrogens with one attached hydrogen (secondary N) is 2. The highest BCUT2D eigenvalue weighted by atomic mass is 16.2. The van der Waals surface area contributed by atoms with Gasteiger partial charge in [0.15, 0.2) is 0 Å². The number of fused-ring (bicyclic) bond motifs is 5. The van der Waals surface area contributed by atoms with Crippen molar-refractivity contribution in [1.29, 1.82) is 0 Å². The Labute approximate surface area is 273 Å². The number of amides is 4. The lowest BCUT2D eigenvalue weighted by Gasteiger charge is -2.54. The summed E-state index contributed by atoms with van der Waals surface area (Å²) < 4.78 is 0. The standard InChI is InChI=1S/C37H51N5O4/c1-37-30(36(46)41-19-8-5-9-20-41)23-27(24-32(43)38-18-16-25-10-6-4-7-11-25)35(45)42(37)21-17-29-28-14-12-26(13-15-33(44)40(2)3)22-31(28)39-34(29)37/h10,12,14,22,27,30,39H,4-9,11,13,15-21,23-24H2,1-3H3,(H,38,43)/t27-,30-,37+/m1/s1. The molecule has 9 heteroatoms. The molecular formula is C37H51N5O4. The maximum Gasteiger partial charge on any atom is 0.228 e. The van der Waals surface area contributed by atoms with E-state index in [1.54, 1.807) is 19.0 Å². The molecule has 0 unspecified atom stereocenters. The molecular weight excluding hydrogens is 578 g/mol. The highest BCUT2D eigenvalue weighted by Crippen LogP contribution is 2.50. The molecule has 9 nitrogen and oxygen atoms in total. The summed E-state index contributed by atoms with van der Waals surface area (Å²) in [6.07, 6.45) is 13.2. The van der Waals surface area contributed by atoms with Gasteiger partial charge in [-0.25, -0.2) is 0 Å². The van der Waals surface area contributed by atoms with Crippen LogP contribution in [0.3, 0.4) is 0 Å². The molecule has 46 heavy (non-hydrogen) atoms. The molecule has 1 aliphatic carbocycles. The van der Waals surface area contributed by atoms with Gasteiger partial charge in [0.05, 0.1) is 11.5 Å². The van der Waals surface area contributed by atoms with Gasteiger partial charge in [-0.3, -0.25) is 19.2 Å². The molecule has 0 saturated carbocycles. The largest absolute Gasteiger partial charge is 0.356 e. The van der Waals surface area contributed by atoms with E-state index in [0.29, 0.717) is 38.8 Å². The monoisotopic (exact) mass is 629 g/mol. The number of aromatic amines is 1. The molecule has 1 aromatic heterocycles. The van der Waals surface area contributed by atoms with Gasteiger partial charge in [0, 0.05) is 75.6 Å². The number of hydrogen-bond donors (Lipinski definition) is 2. The molecule has 0 bridgehead atoms. The molecule has 3 aliphatic heterocycles. The SMILES string of the molecule is CN(C)C(=O)CCc1ccc2c3c([nH]c2c1)[C@]1(C)[C@@H](C(=O)N2CCCCC2)C[C@H](CC(=O)NCCC2=CCCCC2)C(=O)N1CC3. The average molecular weight is 630 g/mol. The summed E-state index contributed by atoms with van der Waals surface area (Å²) in [5.74, 6) is -0.902. The highest BCUT2D eigenvalue weighted by molar-refractivity contribution is 5.93. The Morgan fingerprint density at radius 2 is 1.83 bits per heavy atom. The van der Waals surface area contributed by atoms with Gasteiger partial charge in [0.2, 0.25) is 23.6 Å². The third-order valence-corrected chi connectivity index (χ3v) is 11.1. The van der Waals surface area contributed by atoms with Crippen molar-refractivity contribution in [3.63, 3.8) is 0 Å². The van der Waals surface area contributed by atoms with Gasteiger partial charge in [-0.05, 0) is 94.7 Å². The van der Waals surface area contributed by atoms with Crippen molar-refractivity contribution < 1.29 is 19.2 Å². The van der Waals surface area contributed by atoms with Crippen molar-refractivity contribution in [3.05, 3.63) is 46.7 Å². The number of benzene rings is 1. The van der Waals surface area contributed by atoms with Crippen molar-refractivity contribution in [3.8, 4) is 0 Å². The van der Waals surface area contributed by atoms with E-state index in [2.05, 4.69) is 41.5 Å². The van der Waals surface area contributed by atoms with Crippen molar-refractivity contribution in [2.45, 2.75) is 95.9 Å². The molecule has 2 N–H and O–H groups in total. The predicted octanol–water partition coefficient (Wildman–Crippen LogP) is 4.83. The zero-order valence-corrected chi connectivity index (χ0v) is 28.0. The van der Waals surface area contributed by atoms with E-state index in [1.807, 2.05) is 9.80 Å². The number of carbonyl (C=O) groups is 4. The van der Waals surface area contributed by atoms with E-state index < -0.39 is 17.4 Å². The minimum Gasteiger partial charge on any atom is -0.356 e. The fourth-order valence-corrected chi connectivity index (χ4v) is 8.39. The Hall–Kier alpha value is -3.62. The molecule has 6 rings (SSSR count). The lowest BCUT2D eigenvalue weighted by Crippen LogP contribution is -2.64. The first kappa shape index (κ1) is 32.3. The molecule has 2 fully saturated rings. The zero-order valence-electron chi connectivity index (χ0n) is 28.0. The third-order valence-electron chi connectivity index (χ3n) is 11.1. The van der Waals surface area contributed by atoms with Gasteiger partial charge in [0.1, 0.15) is 0 Å². The molecule has 4 aliphatic rings. The highest BCUT2D eigenvalue weighted by Gasteiger charge is 2.57. The quantitative estimate of drug-likeness (QED) is 0.388. The lowest BCUT2D eigenvalue weighted by atomic mass is 9.67. The van der Waals surface area contributed by atoms with Gasteiger partial charge < -0.3 is 25.0 Å². The Bertz CT molecular complexity index is 1520. The Morgan fingerprint density at radius 3 is 2.57 bits per heavy atom. The number of likely N-dealkylation sites (tertiary alicyclic amines) is 1. The maximum atomic E-state index is 14.4. The van der Waals surface area contributed by atoms with Crippen molar-refractivity contribution in [1.82, 2.24) is 25.0 Å². The number of aryl methyl sites for hydroxylation is 1. The average Bonchev–Trinajstić information content (AvgIpc) is 3.44. The van der Waals surface area contributed by atoms with Crippen LogP contribution in [-0.2, 0) is 37.6 Å². The number of nitrogens with zero attached hydrogens (tertiary/aromatic N) is 3. The first-order valence-corrected chi connectivity index (χ1v) is 17.6. The zero-order chi connectivity index (χ0) is 32.4. The van der Waals surface area contributed by atoms with Crippen LogP contribution >= 0.6 is 0 Å². The van der Waals surface area contributed by atoms with E-state index in [4.69, 9.17) is 0 Å². The minimum atomic E-state index is -0.834. The van der Waals surface area contributed by atoms with Crippen molar-refractivity contribution in [2.75, 3.05) is 40.3 Å². The van der Waals surface area contributed by atoms with E-state index in [-0.39, 0.29) is 30.0 Å². The molecule has 248 valence electrons. The summed E-state index contributed by atoms with van der Waals surface area (Å²) in [4.78, 5) is 63.2. The molecule has 3 atom stereocenters. The number of carbonyl (C=O) groups excluding carboxylic acids is 4. The molecule has 2 aromatic rings. The fourth-order valence-electron chi connectivity index (χ4n) is 8.39. The molecule has 4 heterocycles. The lowest BCUT2D eigenvalue weighted by molar-refractivity contribution is -0.164. The number of hydrogen-bond acceptors (Lipinski definition) is 4. The van der Waals surface area contributed by atoms with E-state index >= 15 is 0 Å². The number of piperidine rings is 2. The Kier molecular flexibility index (Phi) is 9.57. The van der Waals surface area contributed by atoms with Crippen LogP contribution in [0.25, 0.3) is 10.9 Å². The molecule has 4 amide bonds. The number of allylic oxidation sites excluding steroid dienone is 1. The second-order valence-corrected chi connectivity index (χ2v) is 14.3. The van der Waals surface area contributed by atoms with Crippen LogP contribution in [0.15, 0.2) is 29.8 Å². The predicted molar refractivity (Wildman–Crippen MR) is 179 cm³/mol. The molecule has 1 aromatic carbocycles. The van der Waals surface area contributed by atoms with Gasteiger partial charge in [-0.1, -0.05) is 23.8 Å². The first-order chi connectivity index (χ1) is 22.2. The topological polar surface area (TPSA) is 106 Å². The van der Waals surface area contributed by atoms with Gasteiger partial charge in [0.25, 0.3) is 0 Å². The van der Waals surface area contributed by atoms with Crippen molar-refractivity contribution >= 4 is 34.5 Å². The summed E-state index contributed by atoms with van der Waals surface area (Å²) in [5.41, 5.74) is 4.76. The van der Waals surface area contributed by atoms with Crippen LogP contribution in [0.1, 0.15) is 94.4 Å². The first-order valence-electron chi connectivity index (χ1n) is 17.6. The molecule has 2 saturated heterocycles. The van der Waals surface area contributed by atoms with E-state index in [0.717, 1.165) is 73.8 Å². The number of H-pyrrole nitrogens is 1. The third kappa shape index (κ3) is 6.34. The summed E-state index contributed by atoms with van der Waals surface area (Å²) in [7, 11) is 3.55. The smallest absolute Gasteiger partial charge is 0.228 e. The van der Waals surface area contributed by atoms with E-state index in [1.165, 1.54) is 24.0 Å². The summed E-state index contributed by atoms with van der Waals surface area (Å²) in [5, 5.41) is 4.19. The van der Waals surface area contributed by atoms with Crippen LogP contribution in [0.2, 0.25) is 0 Å². The summed E-state index contributed by atoms with van der Waals surface area (Å²) in [6.45, 7) is 4.66. The number of rotatable bonds is 9. The second kappa shape index (κ2) is 13.6. The van der Waals surface area contributed by atoms with Gasteiger partial charge in [-0.15, -0.1) is 0 Å². The Morgan fingerprint density at radius 1 is 1.02 bits per heavy atom. The van der Waals surface area contributed by atoms with E-state index in [9.17, 15) is 19.2 Å².